The molecule has 0 saturated heterocycles. The first-order chi connectivity index (χ1) is 8.16. The molecule has 0 radical (unpaired) electrons. The fraction of sp³-hybridized carbons (Fsp3) is 0.467. The van der Waals surface area contributed by atoms with Crippen LogP contribution in [0.25, 0.3) is 10.9 Å². The van der Waals surface area contributed by atoms with Gasteiger partial charge in [0.05, 0.1) is 5.52 Å². The Morgan fingerprint density at radius 1 is 1.29 bits per heavy atom. The van der Waals surface area contributed by atoms with Gasteiger partial charge in [-0.15, -0.1) is 0 Å². The number of benzene rings is 1. The highest BCUT2D eigenvalue weighted by Gasteiger charge is 2.20. The zero-order valence-corrected chi connectivity index (χ0v) is 10.9. The summed E-state index contributed by atoms with van der Waals surface area (Å²) in [5.41, 5.74) is 5.56. The summed E-state index contributed by atoms with van der Waals surface area (Å²) in [6, 6.07) is 7.54. The maximum absolute atomic E-state index is 3.59. The van der Waals surface area contributed by atoms with Gasteiger partial charge in [-0.3, -0.25) is 0 Å². The molecule has 1 fully saturated rings. The molecule has 90 valence electrons. The number of hydrogen-bond donors (Lipinski definition) is 1. The highest BCUT2D eigenvalue weighted by atomic mass is 15.0. The molecule has 1 N–H and O–H groups in total. The molecule has 2 heteroatoms. The number of aryl methyl sites for hydroxylation is 3. The van der Waals surface area contributed by atoms with Crippen LogP contribution in [0.15, 0.2) is 18.2 Å². The lowest BCUT2D eigenvalue weighted by atomic mass is 10.1. The summed E-state index contributed by atoms with van der Waals surface area (Å²) < 4.78 is 2.34. The van der Waals surface area contributed by atoms with Crippen LogP contribution in [0.1, 0.15) is 29.7 Å². The molecule has 0 bridgehead atoms. The van der Waals surface area contributed by atoms with Crippen LogP contribution in [0.4, 0.5) is 0 Å². The minimum atomic E-state index is 0.774. The highest BCUT2D eigenvalue weighted by molar-refractivity contribution is 5.85. The molecule has 0 amide bonds. The lowest BCUT2D eigenvalue weighted by Crippen LogP contribution is -2.17. The smallest absolute Gasteiger partial charge is 0.0512 e. The minimum absolute atomic E-state index is 0.774. The van der Waals surface area contributed by atoms with E-state index in [0.29, 0.717) is 0 Å². The summed E-state index contributed by atoms with van der Waals surface area (Å²) >= 11 is 0. The second kappa shape index (κ2) is 3.88. The zero-order valence-electron chi connectivity index (χ0n) is 10.9. The van der Waals surface area contributed by atoms with Gasteiger partial charge < -0.3 is 9.88 Å². The summed E-state index contributed by atoms with van der Waals surface area (Å²) in [7, 11) is 2.18. The van der Waals surface area contributed by atoms with Crippen LogP contribution in [-0.2, 0) is 13.6 Å². The van der Waals surface area contributed by atoms with Crippen molar-refractivity contribution in [2.75, 3.05) is 0 Å². The third-order valence-electron chi connectivity index (χ3n) is 3.97. The minimum Gasteiger partial charge on any atom is -0.346 e. The summed E-state index contributed by atoms with van der Waals surface area (Å²) in [6.07, 6.45) is 2.70. The van der Waals surface area contributed by atoms with Gasteiger partial charge in [-0.1, -0.05) is 12.1 Å². The Balaban J connectivity index is 2.01. The van der Waals surface area contributed by atoms with Gasteiger partial charge in [-0.05, 0) is 43.9 Å². The Hall–Kier alpha value is -1.28. The second-order valence-electron chi connectivity index (χ2n) is 5.30. The number of nitrogens with one attached hydrogen (secondary N) is 1. The van der Waals surface area contributed by atoms with Gasteiger partial charge in [0.25, 0.3) is 0 Å². The first-order valence-corrected chi connectivity index (χ1v) is 6.44. The van der Waals surface area contributed by atoms with Crippen molar-refractivity contribution in [3.63, 3.8) is 0 Å². The molecule has 0 aliphatic heterocycles. The van der Waals surface area contributed by atoms with E-state index < -0.39 is 0 Å². The summed E-state index contributed by atoms with van der Waals surface area (Å²) in [4.78, 5) is 0. The van der Waals surface area contributed by atoms with Crippen LogP contribution in [0.2, 0.25) is 0 Å². The van der Waals surface area contributed by atoms with E-state index in [1.165, 1.54) is 40.6 Å². The molecule has 1 saturated carbocycles. The third-order valence-corrected chi connectivity index (χ3v) is 3.97. The van der Waals surface area contributed by atoms with Crippen molar-refractivity contribution in [3.8, 4) is 0 Å². The molecule has 17 heavy (non-hydrogen) atoms. The quantitative estimate of drug-likeness (QED) is 0.854. The average molecular weight is 228 g/mol. The van der Waals surface area contributed by atoms with Gasteiger partial charge in [0, 0.05) is 30.7 Å². The fourth-order valence-corrected chi connectivity index (χ4v) is 2.51. The van der Waals surface area contributed by atoms with Gasteiger partial charge in [0.15, 0.2) is 0 Å². The van der Waals surface area contributed by atoms with Crippen molar-refractivity contribution in [2.24, 2.45) is 7.05 Å². The Kier molecular flexibility index (Phi) is 2.48. The van der Waals surface area contributed by atoms with E-state index in [-0.39, 0.29) is 0 Å². The SMILES string of the molecule is Cc1ccc2cc(CNC3CC3)n(C)c2c1C. The van der Waals surface area contributed by atoms with E-state index in [9.17, 15) is 0 Å². The van der Waals surface area contributed by atoms with Crippen LogP contribution in [-0.4, -0.2) is 10.6 Å². The van der Waals surface area contributed by atoms with E-state index in [0.717, 1.165) is 12.6 Å². The molecule has 1 aromatic carbocycles. The van der Waals surface area contributed by atoms with Crippen molar-refractivity contribution in [1.82, 2.24) is 9.88 Å². The van der Waals surface area contributed by atoms with E-state index in [2.05, 4.69) is 49.0 Å². The molecule has 0 spiro atoms. The standard InChI is InChI=1S/C15H20N2/c1-10-4-5-12-8-14(9-16-13-6-7-13)17(3)15(12)11(10)2/h4-5,8,13,16H,6-7,9H2,1-3H3. The summed E-state index contributed by atoms with van der Waals surface area (Å²) in [5, 5.41) is 4.95. The molecule has 2 aromatic rings. The number of aromatic nitrogens is 1. The lowest BCUT2D eigenvalue weighted by Gasteiger charge is -2.08. The van der Waals surface area contributed by atoms with Crippen molar-refractivity contribution >= 4 is 10.9 Å². The maximum atomic E-state index is 3.59. The second-order valence-corrected chi connectivity index (χ2v) is 5.30. The van der Waals surface area contributed by atoms with Gasteiger partial charge in [-0.2, -0.15) is 0 Å². The fourth-order valence-electron chi connectivity index (χ4n) is 2.51. The average Bonchev–Trinajstić information content (AvgIpc) is 3.07. The number of rotatable bonds is 3. The third kappa shape index (κ3) is 1.87. The van der Waals surface area contributed by atoms with Crippen molar-refractivity contribution in [1.29, 1.82) is 0 Å². The van der Waals surface area contributed by atoms with Crippen LogP contribution in [0, 0.1) is 13.8 Å². The van der Waals surface area contributed by atoms with Crippen LogP contribution in [0.3, 0.4) is 0 Å². The molecule has 1 aliphatic rings. The highest BCUT2D eigenvalue weighted by Crippen LogP contribution is 2.25. The zero-order chi connectivity index (χ0) is 12.0. The van der Waals surface area contributed by atoms with Gasteiger partial charge >= 0.3 is 0 Å². The van der Waals surface area contributed by atoms with Crippen molar-refractivity contribution in [2.45, 2.75) is 39.3 Å². The molecule has 1 aromatic heterocycles. The number of hydrogen-bond acceptors (Lipinski definition) is 1. The van der Waals surface area contributed by atoms with Gasteiger partial charge in [-0.25, -0.2) is 0 Å². The Morgan fingerprint density at radius 3 is 2.76 bits per heavy atom. The van der Waals surface area contributed by atoms with E-state index in [1.54, 1.807) is 0 Å². The van der Waals surface area contributed by atoms with Gasteiger partial charge in [0.2, 0.25) is 0 Å². The maximum Gasteiger partial charge on any atom is 0.0512 e. The molecular weight excluding hydrogens is 208 g/mol. The van der Waals surface area contributed by atoms with Crippen LogP contribution >= 0.6 is 0 Å². The molecule has 1 heterocycles. The number of fused-ring (bicyclic) bond motifs is 1. The Bertz CT molecular complexity index is 562. The monoisotopic (exact) mass is 228 g/mol. The first kappa shape index (κ1) is 10.8. The summed E-state index contributed by atoms with van der Waals surface area (Å²) in [5.74, 6) is 0. The Labute approximate surface area is 103 Å². The van der Waals surface area contributed by atoms with Crippen LogP contribution < -0.4 is 5.32 Å². The molecule has 3 rings (SSSR count). The summed E-state index contributed by atoms with van der Waals surface area (Å²) in [6.45, 7) is 5.40. The predicted molar refractivity (Wildman–Crippen MR) is 72.3 cm³/mol. The molecule has 0 unspecified atom stereocenters. The molecule has 2 nitrogen and oxygen atoms in total. The topological polar surface area (TPSA) is 17.0 Å². The predicted octanol–water partition coefficient (Wildman–Crippen LogP) is 3.05. The van der Waals surface area contributed by atoms with Crippen molar-refractivity contribution < 1.29 is 0 Å². The normalized spacial score (nSPS) is 15.7. The van der Waals surface area contributed by atoms with E-state index in [1.807, 2.05) is 0 Å². The van der Waals surface area contributed by atoms with Gasteiger partial charge in [0.1, 0.15) is 0 Å². The van der Waals surface area contributed by atoms with Crippen LogP contribution in [0.5, 0.6) is 0 Å². The number of nitrogens with zero attached hydrogens (tertiary/aromatic N) is 1. The van der Waals surface area contributed by atoms with Crippen molar-refractivity contribution in [3.05, 3.63) is 35.0 Å². The lowest BCUT2D eigenvalue weighted by molar-refractivity contribution is 0.655. The first-order valence-electron chi connectivity index (χ1n) is 6.44. The Morgan fingerprint density at radius 2 is 2.06 bits per heavy atom. The van der Waals surface area contributed by atoms with E-state index >= 15 is 0 Å². The van der Waals surface area contributed by atoms with E-state index in [4.69, 9.17) is 0 Å². The molecule has 0 atom stereocenters. The molecule has 1 aliphatic carbocycles. The largest absolute Gasteiger partial charge is 0.346 e. The molecular formula is C15H20N2.